The monoisotopic (exact) mass is 321 g/mol. The highest BCUT2D eigenvalue weighted by atomic mass is 16.2. The van der Waals surface area contributed by atoms with Crippen LogP contribution in [-0.4, -0.2) is 35.4 Å². The summed E-state index contributed by atoms with van der Waals surface area (Å²) in [6.07, 6.45) is 5.11. The normalized spacial score (nSPS) is 20.1. The molecule has 0 bridgehead atoms. The molecule has 0 spiro atoms. The maximum atomic E-state index is 12.8. The highest BCUT2D eigenvalue weighted by Crippen LogP contribution is 2.34. The van der Waals surface area contributed by atoms with Crippen LogP contribution < -0.4 is 4.90 Å². The molecular formula is C20H23N3O. The predicted molar refractivity (Wildman–Crippen MR) is 95.7 cm³/mol. The number of anilines is 2. The van der Waals surface area contributed by atoms with Gasteiger partial charge in [-0.15, -0.1) is 0 Å². The average Bonchev–Trinajstić information content (AvgIpc) is 3.05. The minimum Gasteiger partial charge on any atom is -0.341 e. The lowest BCUT2D eigenvalue weighted by atomic mass is 10.00. The van der Waals surface area contributed by atoms with Crippen LogP contribution >= 0.6 is 0 Å². The van der Waals surface area contributed by atoms with Crippen LogP contribution in [0, 0.1) is 5.92 Å². The lowest BCUT2D eigenvalue weighted by molar-refractivity contribution is 0.0677. The number of hydrogen-bond donors (Lipinski definition) is 0. The van der Waals surface area contributed by atoms with E-state index in [0.29, 0.717) is 11.6 Å². The molecule has 1 amide bonds. The number of fused-ring (bicyclic) bond motifs is 1. The van der Waals surface area contributed by atoms with Crippen molar-refractivity contribution in [3.05, 3.63) is 53.9 Å². The molecule has 1 fully saturated rings. The van der Waals surface area contributed by atoms with E-state index in [-0.39, 0.29) is 5.91 Å². The highest BCUT2D eigenvalue weighted by molar-refractivity contribution is 5.93. The summed E-state index contributed by atoms with van der Waals surface area (Å²) in [6, 6.07) is 12.4. The van der Waals surface area contributed by atoms with Gasteiger partial charge in [-0.05, 0) is 48.9 Å². The molecule has 4 rings (SSSR count). The maximum Gasteiger partial charge on any atom is 0.272 e. The number of nitrogens with zero attached hydrogens (tertiary/aromatic N) is 3. The third kappa shape index (κ3) is 2.77. The van der Waals surface area contributed by atoms with E-state index in [1.165, 1.54) is 17.7 Å². The topological polar surface area (TPSA) is 36.4 Å². The summed E-state index contributed by atoms with van der Waals surface area (Å²) >= 11 is 0. The Hall–Kier alpha value is -2.36. The first-order valence-corrected chi connectivity index (χ1v) is 8.83. The van der Waals surface area contributed by atoms with E-state index in [9.17, 15) is 4.79 Å². The van der Waals surface area contributed by atoms with Crippen molar-refractivity contribution in [2.24, 2.45) is 5.92 Å². The van der Waals surface area contributed by atoms with Crippen molar-refractivity contribution in [1.82, 2.24) is 9.88 Å². The Kier molecular flexibility index (Phi) is 3.97. The Labute approximate surface area is 143 Å². The second-order valence-electron chi connectivity index (χ2n) is 6.93. The Morgan fingerprint density at radius 3 is 2.96 bits per heavy atom. The number of rotatable bonds is 2. The van der Waals surface area contributed by atoms with Gasteiger partial charge in [0.2, 0.25) is 0 Å². The van der Waals surface area contributed by atoms with Gasteiger partial charge in [0.25, 0.3) is 5.91 Å². The Morgan fingerprint density at radius 1 is 1.21 bits per heavy atom. The van der Waals surface area contributed by atoms with Gasteiger partial charge in [0.05, 0.1) is 0 Å². The van der Waals surface area contributed by atoms with Gasteiger partial charge in [-0.1, -0.05) is 25.1 Å². The summed E-state index contributed by atoms with van der Waals surface area (Å²) in [7, 11) is 0. The van der Waals surface area contributed by atoms with Crippen LogP contribution in [0.1, 0.15) is 35.8 Å². The molecule has 1 atom stereocenters. The lowest BCUT2D eigenvalue weighted by Gasteiger charge is -2.31. The van der Waals surface area contributed by atoms with Crippen LogP contribution in [0.5, 0.6) is 0 Å². The second kappa shape index (κ2) is 6.27. The van der Waals surface area contributed by atoms with Crippen LogP contribution in [0.3, 0.4) is 0 Å². The zero-order valence-electron chi connectivity index (χ0n) is 14.1. The fourth-order valence-electron chi connectivity index (χ4n) is 3.85. The molecule has 0 radical (unpaired) electrons. The van der Waals surface area contributed by atoms with Crippen LogP contribution in [0.4, 0.5) is 11.4 Å². The third-order valence-electron chi connectivity index (χ3n) is 5.11. The van der Waals surface area contributed by atoms with Crippen molar-refractivity contribution in [3.63, 3.8) is 0 Å². The van der Waals surface area contributed by atoms with E-state index in [4.69, 9.17) is 0 Å². The van der Waals surface area contributed by atoms with Crippen LogP contribution in [0.25, 0.3) is 0 Å². The number of para-hydroxylation sites is 1. The highest BCUT2D eigenvalue weighted by Gasteiger charge is 2.25. The molecule has 2 aliphatic heterocycles. The van der Waals surface area contributed by atoms with E-state index in [0.717, 1.165) is 38.2 Å². The van der Waals surface area contributed by atoms with Gasteiger partial charge in [-0.3, -0.25) is 9.78 Å². The number of pyridine rings is 1. The van der Waals surface area contributed by atoms with E-state index >= 15 is 0 Å². The molecule has 2 aliphatic rings. The third-order valence-corrected chi connectivity index (χ3v) is 5.11. The number of carbonyl (C=O) groups is 1. The maximum absolute atomic E-state index is 12.8. The molecule has 4 nitrogen and oxygen atoms in total. The number of carbonyl (C=O) groups excluding carboxylic acids is 1. The van der Waals surface area contributed by atoms with Crippen molar-refractivity contribution >= 4 is 17.3 Å². The zero-order valence-corrected chi connectivity index (χ0v) is 14.1. The fourth-order valence-corrected chi connectivity index (χ4v) is 3.85. The second-order valence-corrected chi connectivity index (χ2v) is 6.93. The molecule has 1 aromatic carbocycles. The van der Waals surface area contributed by atoms with Crippen LogP contribution in [0.2, 0.25) is 0 Å². The average molecular weight is 321 g/mol. The molecule has 24 heavy (non-hydrogen) atoms. The summed E-state index contributed by atoms with van der Waals surface area (Å²) in [4.78, 5) is 21.4. The zero-order chi connectivity index (χ0) is 16.5. The fraction of sp³-hybridized carbons (Fsp3) is 0.400. The quantitative estimate of drug-likeness (QED) is 0.847. The summed E-state index contributed by atoms with van der Waals surface area (Å²) in [5.74, 6) is 0.646. The first kappa shape index (κ1) is 15.2. The van der Waals surface area contributed by atoms with Gasteiger partial charge in [0.15, 0.2) is 0 Å². The van der Waals surface area contributed by atoms with Gasteiger partial charge in [-0.2, -0.15) is 0 Å². The Balaban J connectivity index is 1.59. The lowest BCUT2D eigenvalue weighted by Crippen LogP contribution is -2.39. The van der Waals surface area contributed by atoms with E-state index in [1.807, 2.05) is 17.0 Å². The molecule has 0 N–H and O–H groups in total. The van der Waals surface area contributed by atoms with Gasteiger partial charge >= 0.3 is 0 Å². The molecule has 1 unspecified atom stereocenters. The Morgan fingerprint density at radius 2 is 2.08 bits per heavy atom. The molecule has 3 heterocycles. The molecule has 4 heteroatoms. The smallest absolute Gasteiger partial charge is 0.272 e. The number of piperidine rings is 1. The number of amides is 1. The van der Waals surface area contributed by atoms with Crippen molar-refractivity contribution in [3.8, 4) is 0 Å². The largest absolute Gasteiger partial charge is 0.341 e. The van der Waals surface area contributed by atoms with E-state index in [1.54, 1.807) is 6.20 Å². The van der Waals surface area contributed by atoms with E-state index < -0.39 is 0 Å². The minimum absolute atomic E-state index is 0.0656. The Bertz CT molecular complexity index is 758. The first-order valence-electron chi connectivity index (χ1n) is 8.83. The summed E-state index contributed by atoms with van der Waals surface area (Å²) in [6.45, 7) is 4.86. The van der Waals surface area contributed by atoms with E-state index in [2.05, 4.69) is 41.1 Å². The summed E-state index contributed by atoms with van der Waals surface area (Å²) in [5.41, 5.74) is 4.23. The number of aromatic nitrogens is 1. The van der Waals surface area contributed by atoms with Crippen molar-refractivity contribution in [1.29, 1.82) is 0 Å². The van der Waals surface area contributed by atoms with Gasteiger partial charge in [0.1, 0.15) is 5.69 Å². The van der Waals surface area contributed by atoms with Gasteiger partial charge < -0.3 is 9.80 Å². The van der Waals surface area contributed by atoms with Crippen molar-refractivity contribution < 1.29 is 4.79 Å². The summed E-state index contributed by atoms with van der Waals surface area (Å²) < 4.78 is 0. The number of benzene rings is 1. The molecule has 124 valence electrons. The molecule has 1 aromatic heterocycles. The minimum atomic E-state index is 0.0656. The van der Waals surface area contributed by atoms with Gasteiger partial charge in [-0.25, -0.2) is 0 Å². The van der Waals surface area contributed by atoms with Gasteiger partial charge in [0, 0.05) is 37.2 Å². The van der Waals surface area contributed by atoms with Crippen molar-refractivity contribution in [2.75, 3.05) is 24.5 Å². The number of likely N-dealkylation sites (tertiary alicyclic amines) is 1. The molecule has 2 aromatic rings. The molecule has 0 aliphatic carbocycles. The SMILES string of the molecule is CC1CCCN(C(=O)c2cc(N3CCc4ccccc43)ccn2)C1. The standard InChI is InChI=1S/C20H23N3O/c1-15-5-4-11-22(14-15)20(24)18-13-17(8-10-21-18)23-12-9-16-6-2-3-7-19(16)23/h2-3,6-8,10,13,15H,4-5,9,11-12,14H2,1H3. The molecule has 1 saturated heterocycles. The molecular weight excluding hydrogens is 298 g/mol. The number of hydrogen-bond acceptors (Lipinski definition) is 3. The first-order chi connectivity index (χ1) is 11.7. The predicted octanol–water partition coefficient (Wildman–Crippen LogP) is 3.65. The van der Waals surface area contributed by atoms with Crippen LogP contribution in [-0.2, 0) is 6.42 Å². The molecule has 0 saturated carbocycles. The summed E-state index contributed by atoms with van der Waals surface area (Å²) in [5, 5.41) is 0. The van der Waals surface area contributed by atoms with Crippen LogP contribution in [0.15, 0.2) is 42.6 Å². The van der Waals surface area contributed by atoms with Crippen molar-refractivity contribution in [2.45, 2.75) is 26.2 Å².